The molecule has 120 valence electrons. The van der Waals surface area contributed by atoms with Crippen molar-refractivity contribution in [3.63, 3.8) is 0 Å². The average molecular weight is 313 g/mol. The molecule has 0 aliphatic carbocycles. The van der Waals surface area contributed by atoms with Crippen molar-refractivity contribution in [1.82, 2.24) is 30.2 Å². The normalized spacial score (nSPS) is 12.5. The van der Waals surface area contributed by atoms with Gasteiger partial charge in [0.2, 0.25) is 0 Å². The summed E-state index contributed by atoms with van der Waals surface area (Å²) in [5.41, 5.74) is 1.74. The Morgan fingerprint density at radius 3 is 2.83 bits per heavy atom. The number of hydrogen-bond donors (Lipinski definition) is 1. The molecule has 2 aromatic heterocycles. The van der Waals surface area contributed by atoms with Crippen LogP contribution in [0.3, 0.4) is 0 Å². The van der Waals surface area contributed by atoms with E-state index >= 15 is 0 Å². The van der Waals surface area contributed by atoms with E-state index in [9.17, 15) is 0 Å². The molecule has 1 aromatic carbocycles. The van der Waals surface area contributed by atoms with Crippen LogP contribution in [0.1, 0.15) is 11.6 Å². The lowest BCUT2D eigenvalue weighted by Crippen LogP contribution is -2.27. The van der Waals surface area contributed by atoms with E-state index in [0.717, 1.165) is 11.3 Å². The Hall–Kier alpha value is -2.74. The maximum Gasteiger partial charge on any atom is 0.200 e. The zero-order valence-corrected chi connectivity index (χ0v) is 13.3. The fourth-order valence-corrected chi connectivity index (χ4v) is 2.46. The zero-order chi connectivity index (χ0) is 16.2. The number of para-hydroxylation sites is 1. The van der Waals surface area contributed by atoms with Crippen LogP contribution in [0.15, 0.2) is 36.4 Å². The number of anilines is 1. The topological polar surface area (TPSA) is 80.5 Å². The van der Waals surface area contributed by atoms with Crippen LogP contribution in [0, 0.1) is 0 Å². The molecule has 1 unspecified atom stereocenters. The smallest absolute Gasteiger partial charge is 0.200 e. The molecule has 23 heavy (non-hydrogen) atoms. The maximum absolute atomic E-state index is 5.48. The van der Waals surface area contributed by atoms with Gasteiger partial charge in [0, 0.05) is 12.1 Å². The molecule has 8 heteroatoms. The van der Waals surface area contributed by atoms with Crippen LogP contribution in [-0.2, 0) is 0 Å². The summed E-state index contributed by atoms with van der Waals surface area (Å²) in [6.07, 6.45) is 0. The first-order valence-electron chi connectivity index (χ1n) is 7.27. The van der Waals surface area contributed by atoms with Gasteiger partial charge in [-0.05, 0) is 42.7 Å². The van der Waals surface area contributed by atoms with E-state index in [2.05, 4.69) is 36.9 Å². The fraction of sp³-hybridized carbons (Fsp3) is 0.333. The summed E-state index contributed by atoms with van der Waals surface area (Å²) < 4.78 is 6.87. The van der Waals surface area contributed by atoms with E-state index in [-0.39, 0.29) is 6.04 Å². The third-order valence-corrected chi connectivity index (χ3v) is 3.67. The highest BCUT2D eigenvalue weighted by atomic mass is 16.5. The molecule has 0 saturated carbocycles. The van der Waals surface area contributed by atoms with E-state index < -0.39 is 0 Å². The number of methoxy groups -OCH3 is 1. The minimum absolute atomic E-state index is 0.137. The summed E-state index contributed by atoms with van der Waals surface area (Å²) >= 11 is 0. The van der Waals surface area contributed by atoms with Gasteiger partial charge in [0.1, 0.15) is 11.6 Å². The Balaban J connectivity index is 1.79. The molecule has 8 nitrogen and oxygen atoms in total. The molecule has 0 radical (unpaired) electrons. The Labute approximate surface area is 134 Å². The van der Waals surface area contributed by atoms with Crippen LogP contribution < -0.4 is 10.1 Å². The largest absolute Gasteiger partial charge is 0.496 e. The van der Waals surface area contributed by atoms with Gasteiger partial charge in [-0.3, -0.25) is 0 Å². The summed E-state index contributed by atoms with van der Waals surface area (Å²) in [5.74, 6) is 1.59. The number of nitrogens with zero attached hydrogens (tertiary/aromatic N) is 6. The molecule has 3 aromatic rings. The minimum Gasteiger partial charge on any atom is -0.496 e. The number of aromatic nitrogens is 5. The fourth-order valence-electron chi connectivity index (χ4n) is 2.46. The van der Waals surface area contributed by atoms with Gasteiger partial charge in [-0.25, -0.2) is 0 Å². The summed E-state index contributed by atoms with van der Waals surface area (Å²) in [5, 5.41) is 18.9. The van der Waals surface area contributed by atoms with Crippen molar-refractivity contribution in [3.05, 3.63) is 42.0 Å². The van der Waals surface area contributed by atoms with Crippen molar-refractivity contribution < 1.29 is 4.74 Å². The van der Waals surface area contributed by atoms with E-state index in [1.54, 1.807) is 7.11 Å². The highest BCUT2D eigenvalue weighted by molar-refractivity contribution is 5.43. The molecule has 0 bridgehead atoms. The van der Waals surface area contributed by atoms with Gasteiger partial charge in [0.05, 0.1) is 13.2 Å². The lowest BCUT2D eigenvalue weighted by molar-refractivity contribution is 0.300. The van der Waals surface area contributed by atoms with Crippen LogP contribution in [0.2, 0.25) is 0 Å². The Morgan fingerprint density at radius 1 is 1.22 bits per heavy atom. The predicted molar refractivity (Wildman–Crippen MR) is 86.5 cm³/mol. The minimum atomic E-state index is 0.137. The number of fused-ring (bicyclic) bond motifs is 1. The molecular weight excluding hydrogens is 294 g/mol. The second-order valence-electron chi connectivity index (χ2n) is 5.35. The number of likely N-dealkylation sites (N-methyl/N-ethyl adjacent to an activating group) is 1. The number of hydrogen-bond acceptors (Lipinski definition) is 7. The maximum atomic E-state index is 5.48. The van der Waals surface area contributed by atoms with E-state index in [4.69, 9.17) is 4.74 Å². The van der Waals surface area contributed by atoms with Gasteiger partial charge in [0.25, 0.3) is 0 Å². The van der Waals surface area contributed by atoms with Crippen molar-refractivity contribution in [2.24, 2.45) is 0 Å². The molecule has 0 amide bonds. The second kappa shape index (κ2) is 6.57. The summed E-state index contributed by atoms with van der Waals surface area (Å²) in [6.45, 7) is 0.675. The summed E-state index contributed by atoms with van der Waals surface area (Å²) in [4.78, 5) is 2.14. The van der Waals surface area contributed by atoms with Crippen LogP contribution in [0.4, 0.5) is 5.82 Å². The van der Waals surface area contributed by atoms with Crippen molar-refractivity contribution in [1.29, 1.82) is 0 Å². The molecule has 0 fully saturated rings. The number of tetrazole rings is 1. The number of ether oxygens (including phenoxy) is 1. The van der Waals surface area contributed by atoms with Crippen molar-refractivity contribution in [3.8, 4) is 5.75 Å². The van der Waals surface area contributed by atoms with Gasteiger partial charge in [0.15, 0.2) is 5.65 Å². The molecular formula is C15H19N7O. The van der Waals surface area contributed by atoms with E-state index in [1.165, 1.54) is 4.63 Å². The first kappa shape index (κ1) is 15.2. The highest BCUT2D eigenvalue weighted by Gasteiger charge is 2.18. The summed E-state index contributed by atoms with van der Waals surface area (Å²) in [6, 6.07) is 11.8. The highest BCUT2D eigenvalue weighted by Crippen LogP contribution is 2.28. The molecule has 2 heterocycles. The SMILES string of the molecule is COc1ccccc1C(CNc1ccc2nnnn2n1)N(C)C. The van der Waals surface area contributed by atoms with Crippen molar-refractivity contribution >= 4 is 11.5 Å². The quantitative estimate of drug-likeness (QED) is 0.733. The molecule has 3 rings (SSSR count). The predicted octanol–water partition coefficient (Wildman–Crippen LogP) is 1.24. The Morgan fingerprint density at radius 2 is 2.04 bits per heavy atom. The van der Waals surface area contributed by atoms with Crippen molar-refractivity contribution in [2.45, 2.75) is 6.04 Å². The molecule has 0 aliphatic heterocycles. The first-order valence-corrected chi connectivity index (χ1v) is 7.27. The molecule has 0 saturated heterocycles. The van der Waals surface area contributed by atoms with Crippen LogP contribution in [0.25, 0.3) is 5.65 Å². The standard InChI is InChI=1S/C15H19N7O/c1-21(2)12(11-6-4-5-7-13(11)23-3)10-16-14-8-9-15-17-19-20-22(15)18-14/h4-9,12H,10H2,1-3H3,(H,16,18). The molecule has 1 N–H and O–H groups in total. The van der Waals surface area contributed by atoms with E-state index in [1.807, 2.05) is 44.4 Å². The molecule has 0 spiro atoms. The summed E-state index contributed by atoms with van der Waals surface area (Å²) in [7, 11) is 5.76. The lowest BCUT2D eigenvalue weighted by atomic mass is 10.0. The van der Waals surface area contributed by atoms with Gasteiger partial charge in [-0.1, -0.05) is 18.2 Å². The second-order valence-corrected chi connectivity index (χ2v) is 5.35. The van der Waals surface area contributed by atoms with E-state index in [0.29, 0.717) is 18.0 Å². The van der Waals surface area contributed by atoms with Gasteiger partial charge in [-0.15, -0.1) is 14.8 Å². The number of benzene rings is 1. The Bertz CT molecular complexity index is 786. The van der Waals surface area contributed by atoms with Crippen molar-refractivity contribution in [2.75, 3.05) is 33.1 Å². The number of nitrogens with one attached hydrogen (secondary N) is 1. The van der Waals surface area contributed by atoms with Gasteiger partial charge in [-0.2, -0.15) is 0 Å². The molecule has 0 aliphatic rings. The number of rotatable bonds is 6. The zero-order valence-electron chi connectivity index (χ0n) is 13.3. The van der Waals surface area contributed by atoms with Crippen LogP contribution in [0.5, 0.6) is 5.75 Å². The van der Waals surface area contributed by atoms with Gasteiger partial charge >= 0.3 is 0 Å². The lowest BCUT2D eigenvalue weighted by Gasteiger charge is -2.26. The molecule has 1 atom stereocenters. The third kappa shape index (κ3) is 3.21. The van der Waals surface area contributed by atoms with Crippen LogP contribution >= 0.6 is 0 Å². The van der Waals surface area contributed by atoms with Gasteiger partial charge < -0.3 is 15.0 Å². The monoisotopic (exact) mass is 313 g/mol. The Kier molecular flexibility index (Phi) is 4.33. The third-order valence-electron chi connectivity index (χ3n) is 3.67. The first-order chi connectivity index (χ1) is 11.2. The average Bonchev–Trinajstić information content (AvgIpc) is 3.03. The van der Waals surface area contributed by atoms with Crippen LogP contribution in [-0.4, -0.2) is 57.9 Å².